The maximum Gasteiger partial charge on any atom is 0.237 e. The number of benzene rings is 2. The van der Waals surface area contributed by atoms with Gasteiger partial charge in [-0.1, -0.05) is 51.1 Å². The quantitative estimate of drug-likeness (QED) is 0.498. The maximum absolute atomic E-state index is 14.1. The Morgan fingerprint density at radius 3 is 2.35 bits per heavy atom. The van der Waals surface area contributed by atoms with Crippen LogP contribution in [-0.2, 0) is 15.6 Å². The Labute approximate surface area is 180 Å². The predicted octanol–water partition coefficient (Wildman–Crippen LogP) is 5.15. The summed E-state index contributed by atoms with van der Waals surface area (Å²) >= 11 is 0. The molecule has 2 heterocycles. The molecule has 1 saturated carbocycles. The number of amides is 1. The normalized spacial score (nSPS) is 25.6. The van der Waals surface area contributed by atoms with Crippen LogP contribution in [-0.4, -0.2) is 20.9 Å². The molecule has 1 N–H and O–H groups in total. The van der Waals surface area contributed by atoms with E-state index in [2.05, 4.69) is 31.1 Å². The lowest BCUT2D eigenvalue weighted by Crippen LogP contribution is -2.48. The van der Waals surface area contributed by atoms with Gasteiger partial charge in [-0.2, -0.15) is 0 Å². The molecule has 31 heavy (non-hydrogen) atoms. The molecular formula is C26H24N4O. The van der Waals surface area contributed by atoms with Gasteiger partial charge in [0, 0.05) is 17.0 Å². The van der Waals surface area contributed by atoms with E-state index in [1.54, 1.807) is 6.20 Å². The largest absolute Gasteiger partial charge is 0.323 e. The molecule has 2 unspecified atom stereocenters. The molecule has 0 aliphatic heterocycles. The zero-order valence-corrected chi connectivity index (χ0v) is 17.9. The third-order valence-electron chi connectivity index (χ3n) is 8.21. The van der Waals surface area contributed by atoms with Crippen molar-refractivity contribution in [2.75, 3.05) is 5.32 Å². The Morgan fingerprint density at radius 1 is 0.871 bits per heavy atom. The predicted molar refractivity (Wildman–Crippen MR) is 122 cm³/mol. The zero-order chi connectivity index (χ0) is 21.4. The van der Waals surface area contributed by atoms with Gasteiger partial charge in [0.2, 0.25) is 5.91 Å². The van der Waals surface area contributed by atoms with Crippen LogP contribution in [0.5, 0.6) is 0 Å². The van der Waals surface area contributed by atoms with Crippen molar-refractivity contribution in [1.82, 2.24) is 15.0 Å². The molecule has 2 aliphatic rings. The maximum atomic E-state index is 14.1. The Balaban J connectivity index is 1.54. The van der Waals surface area contributed by atoms with Gasteiger partial charge in [-0.3, -0.25) is 9.78 Å². The molecule has 2 aromatic heterocycles. The Hall–Kier alpha value is -3.34. The summed E-state index contributed by atoms with van der Waals surface area (Å²) in [4.78, 5) is 28.7. The molecule has 0 spiro atoms. The highest BCUT2D eigenvalue weighted by atomic mass is 16.2. The molecule has 2 atom stereocenters. The van der Waals surface area contributed by atoms with Gasteiger partial charge in [-0.25, -0.2) is 9.97 Å². The molecule has 1 fully saturated rings. The summed E-state index contributed by atoms with van der Waals surface area (Å²) in [5.41, 5.74) is 3.84. The number of anilines is 1. The lowest BCUT2D eigenvalue weighted by molar-refractivity contribution is -0.125. The van der Waals surface area contributed by atoms with E-state index in [1.165, 1.54) is 0 Å². The van der Waals surface area contributed by atoms with Crippen molar-refractivity contribution in [3.05, 3.63) is 72.2 Å². The SMILES string of the molecule is CC12CCC(C(=O)Nc3cccc4cccnc34)(c3nc4ccccc4nc31)C2(C)C. The van der Waals surface area contributed by atoms with Crippen molar-refractivity contribution in [2.45, 2.75) is 44.4 Å². The van der Waals surface area contributed by atoms with Crippen molar-refractivity contribution < 1.29 is 4.79 Å². The second-order valence-electron chi connectivity index (χ2n) is 9.61. The lowest BCUT2D eigenvalue weighted by atomic mass is 9.63. The number of nitrogens with zero attached hydrogens (tertiary/aromatic N) is 3. The Bertz CT molecular complexity index is 1390. The first kappa shape index (κ1) is 18.4. The number of aromatic nitrogens is 3. The van der Waals surface area contributed by atoms with Gasteiger partial charge in [0.15, 0.2) is 0 Å². The first-order valence-corrected chi connectivity index (χ1v) is 10.8. The van der Waals surface area contributed by atoms with Crippen LogP contribution in [0, 0.1) is 5.41 Å². The van der Waals surface area contributed by atoms with E-state index < -0.39 is 5.41 Å². The van der Waals surface area contributed by atoms with Gasteiger partial charge >= 0.3 is 0 Å². The van der Waals surface area contributed by atoms with Gasteiger partial charge in [-0.15, -0.1) is 0 Å². The van der Waals surface area contributed by atoms with Gasteiger partial charge in [0.25, 0.3) is 0 Å². The van der Waals surface area contributed by atoms with Crippen molar-refractivity contribution in [2.24, 2.45) is 5.41 Å². The third kappa shape index (κ3) is 2.11. The summed E-state index contributed by atoms with van der Waals surface area (Å²) in [6.07, 6.45) is 3.44. The second kappa shape index (κ2) is 5.88. The monoisotopic (exact) mass is 408 g/mol. The molecule has 2 aliphatic carbocycles. The first-order valence-electron chi connectivity index (χ1n) is 10.8. The molecule has 5 nitrogen and oxygen atoms in total. The summed E-state index contributed by atoms with van der Waals surface area (Å²) in [5.74, 6) is -0.0114. The molecule has 2 bridgehead atoms. The van der Waals surface area contributed by atoms with Gasteiger partial charge in [0.1, 0.15) is 0 Å². The average Bonchev–Trinajstić information content (AvgIpc) is 3.08. The minimum absolute atomic E-state index is 0.0114. The molecule has 0 radical (unpaired) electrons. The van der Waals surface area contributed by atoms with Crippen LogP contribution in [0.15, 0.2) is 60.8 Å². The van der Waals surface area contributed by atoms with E-state index in [4.69, 9.17) is 9.97 Å². The fraction of sp³-hybridized carbons (Fsp3) is 0.308. The van der Waals surface area contributed by atoms with Crippen molar-refractivity contribution >= 4 is 33.5 Å². The molecule has 4 aromatic rings. The Kier molecular flexibility index (Phi) is 3.49. The molecule has 0 saturated heterocycles. The van der Waals surface area contributed by atoms with E-state index in [9.17, 15) is 4.79 Å². The first-order chi connectivity index (χ1) is 14.9. The fourth-order valence-corrected chi connectivity index (χ4v) is 5.98. The van der Waals surface area contributed by atoms with Crippen LogP contribution in [0.2, 0.25) is 0 Å². The van der Waals surface area contributed by atoms with E-state index >= 15 is 0 Å². The number of fused-ring (bicyclic) bond motifs is 7. The zero-order valence-electron chi connectivity index (χ0n) is 17.9. The van der Waals surface area contributed by atoms with Crippen LogP contribution in [0.4, 0.5) is 5.69 Å². The Morgan fingerprint density at radius 2 is 1.58 bits per heavy atom. The van der Waals surface area contributed by atoms with Crippen LogP contribution in [0.3, 0.4) is 0 Å². The highest BCUT2D eigenvalue weighted by Gasteiger charge is 2.73. The van der Waals surface area contributed by atoms with E-state index in [0.29, 0.717) is 0 Å². The molecule has 5 heteroatoms. The van der Waals surface area contributed by atoms with Crippen LogP contribution in [0.1, 0.15) is 45.0 Å². The topological polar surface area (TPSA) is 67.8 Å². The van der Waals surface area contributed by atoms with Crippen LogP contribution < -0.4 is 5.32 Å². The minimum Gasteiger partial charge on any atom is -0.323 e. The highest BCUT2D eigenvalue weighted by molar-refractivity contribution is 6.06. The smallest absolute Gasteiger partial charge is 0.237 e. The van der Waals surface area contributed by atoms with Crippen molar-refractivity contribution in [1.29, 1.82) is 0 Å². The number of hydrogen-bond acceptors (Lipinski definition) is 4. The number of nitrogens with one attached hydrogen (secondary N) is 1. The number of rotatable bonds is 2. The van der Waals surface area contributed by atoms with Crippen molar-refractivity contribution in [3.8, 4) is 0 Å². The molecule has 2 aromatic carbocycles. The van der Waals surface area contributed by atoms with Gasteiger partial charge in [0.05, 0.1) is 39.0 Å². The van der Waals surface area contributed by atoms with E-state index in [1.807, 2.05) is 54.6 Å². The number of carbonyl (C=O) groups excluding carboxylic acids is 1. The van der Waals surface area contributed by atoms with E-state index in [0.717, 1.165) is 51.9 Å². The number of carbonyl (C=O) groups is 1. The summed E-state index contributed by atoms with van der Waals surface area (Å²) in [6, 6.07) is 17.7. The number of pyridine rings is 1. The summed E-state index contributed by atoms with van der Waals surface area (Å²) in [7, 11) is 0. The molecule has 1 amide bonds. The summed E-state index contributed by atoms with van der Waals surface area (Å²) in [6.45, 7) is 6.65. The van der Waals surface area contributed by atoms with Crippen LogP contribution >= 0.6 is 0 Å². The minimum atomic E-state index is -0.731. The summed E-state index contributed by atoms with van der Waals surface area (Å²) in [5, 5.41) is 4.24. The molecule has 154 valence electrons. The summed E-state index contributed by atoms with van der Waals surface area (Å²) < 4.78 is 0. The molecule has 6 rings (SSSR count). The second-order valence-corrected chi connectivity index (χ2v) is 9.61. The van der Waals surface area contributed by atoms with E-state index in [-0.39, 0.29) is 16.7 Å². The standard InChI is InChI=1S/C26H24N4O/c1-24(2)25(3)13-14-26(24,22-21(25)28-17-10-4-5-11-18(17)29-22)23(31)30-19-12-6-8-16-9-7-15-27-20(16)19/h4-12,15H,13-14H2,1-3H3,(H,30,31). The van der Waals surface area contributed by atoms with Crippen molar-refractivity contribution in [3.63, 3.8) is 0 Å². The third-order valence-corrected chi connectivity index (χ3v) is 8.21. The number of hydrogen-bond donors (Lipinski definition) is 1. The van der Waals surface area contributed by atoms with Gasteiger partial charge < -0.3 is 5.32 Å². The highest BCUT2D eigenvalue weighted by Crippen LogP contribution is 2.70. The molecular weight excluding hydrogens is 384 g/mol. The lowest BCUT2D eigenvalue weighted by Gasteiger charge is -2.39. The fourth-order valence-electron chi connectivity index (χ4n) is 5.98. The average molecular weight is 409 g/mol. The number of para-hydroxylation sites is 3. The van der Waals surface area contributed by atoms with Crippen LogP contribution in [0.25, 0.3) is 21.9 Å². The van der Waals surface area contributed by atoms with Gasteiger partial charge in [-0.05, 0) is 42.5 Å².